The molecular weight excluding hydrogens is 876 g/mol. The van der Waals surface area contributed by atoms with Crippen LogP contribution in [0.25, 0.3) is 105 Å². The van der Waals surface area contributed by atoms with Crippen LogP contribution in [-0.2, 0) is 16.2 Å². The Hall–Kier alpha value is -8.02. The van der Waals surface area contributed by atoms with E-state index in [4.69, 9.17) is 8.83 Å². The number of aromatic nitrogens is 1. The van der Waals surface area contributed by atoms with E-state index >= 15 is 0 Å². The number of nitrogens with zero attached hydrogens (tertiary/aromatic N) is 2. The first-order valence-corrected chi connectivity index (χ1v) is 25.6. The predicted molar refractivity (Wildman–Crippen MR) is 303 cm³/mol. The van der Waals surface area contributed by atoms with Gasteiger partial charge in [-0.3, -0.25) is 0 Å². The Morgan fingerprint density at radius 3 is 1.88 bits per heavy atom. The molecule has 12 aromatic rings. The molecule has 0 radical (unpaired) electrons. The molecule has 3 aliphatic rings. The summed E-state index contributed by atoms with van der Waals surface area (Å²) in [6, 6.07) is 65.9. The molecule has 3 aromatic heterocycles. The molecule has 0 saturated heterocycles. The van der Waals surface area contributed by atoms with Crippen molar-refractivity contribution in [2.45, 2.75) is 71.6 Å². The Kier molecular flexibility index (Phi) is 8.18. The molecule has 15 rings (SSSR count). The van der Waals surface area contributed by atoms with Gasteiger partial charge in [0.25, 0.3) is 0 Å². The summed E-state index contributed by atoms with van der Waals surface area (Å²) in [4.78, 5) is 2.67. The van der Waals surface area contributed by atoms with Crippen molar-refractivity contribution in [2.75, 3.05) is 4.81 Å². The molecule has 0 N–H and O–H groups in total. The molecule has 0 amide bonds. The van der Waals surface area contributed by atoms with Crippen molar-refractivity contribution in [1.82, 2.24) is 4.57 Å². The van der Waals surface area contributed by atoms with Crippen LogP contribution in [-0.4, -0.2) is 11.4 Å². The zero-order valence-corrected chi connectivity index (χ0v) is 42.0. The van der Waals surface area contributed by atoms with Gasteiger partial charge < -0.3 is 18.2 Å². The van der Waals surface area contributed by atoms with Crippen molar-refractivity contribution in [3.63, 3.8) is 0 Å². The molecule has 9 aromatic carbocycles. The van der Waals surface area contributed by atoms with Crippen molar-refractivity contribution < 1.29 is 8.83 Å². The van der Waals surface area contributed by atoms with Crippen molar-refractivity contribution in [3.8, 4) is 50.4 Å². The monoisotopic (exact) mass is 928 g/mol. The lowest BCUT2D eigenvalue weighted by Gasteiger charge is -2.42. The van der Waals surface area contributed by atoms with Gasteiger partial charge in [-0.1, -0.05) is 177 Å². The highest BCUT2D eigenvalue weighted by atomic mass is 16.3. The zero-order chi connectivity index (χ0) is 48.7. The quantitative estimate of drug-likeness (QED) is 0.166. The number of fused-ring (bicyclic) bond motifs is 15. The molecule has 0 spiro atoms. The predicted octanol–water partition coefficient (Wildman–Crippen LogP) is 16.9. The third-order valence-corrected chi connectivity index (χ3v) is 16.7. The largest absolute Gasteiger partial charge is 0.456 e. The lowest BCUT2D eigenvalue weighted by atomic mass is 9.44. The van der Waals surface area contributed by atoms with E-state index in [0.717, 1.165) is 72.2 Å². The van der Waals surface area contributed by atoms with Gasteiger partial charge in [0.05, 0.1) is 11.0 Å². The Morgan fingerprint density at radius 1 is 0.458 bits per heavy atom. The van der Waals surface area contributed by atoms with Crippen LogP contribution in [0.3, 0.4) is 0 Å². The van der Waals surface area contributed by atoms with Crippen LogP contribution in [0.5, 0.6) is 0 Å². The summed E-state index contributed by atoms with van der Waals surface area (Å²) >= 11 is 0. The van der Waals surface area contributed by atoms with Gasteiger partial charge in [-0.25, -0.2) is 0 Å². The molecule has 5 heteroatoms. The highest BCUT2D eigenvalue weighted by molar-refractivity contribution is 6.94. The van der Waals surface area contributed by atoms with Crippen LogP contribution in [0, 0.1) is 0 Å². The fourth-order valence-electron chi connectivity index (χ4n) is 13.0. The molecule has 0 atom stereocenters. The second-order valence-corrected chi connectivity index (χ2v) is 23.3. The number of furan rings is 2. The molecule has 0 saturated carbocycles. The third-order valence-electron chi connectivity index (χ3n) is 16.7. The number of hydrogen-bond acceptors (Lipinski definition) is 3. The smallest absolute Gasteiger partial charge is 0.333 e. The van der Waals surface area contributed by atoms with E-state index in [1.54, 1.807) is 0 Å². The molecule has 0 fully saturated rings. The van der Waals surface area contributed by atoms with E-state index in [2.05, 4.69) is 241 Å². The highest BCUT2D eigenvalue weighted by Crippen LogP contribution is 2.55. The van der Waals surface area contributed by atoms with Gasteiger partial charge in [-0.15, -0.1) is 0 Å². The Bertz CT molecular complexity index is 4310. The molecule has 0 unspecified atom stereocenters. The summed E-state index contributed by atoms with van der Waals surface area (Å²) in [5.41, 5.74) is 24.8. The van der Waals surface area contributed by atoms with Gasteiger partial charge in [0.2, 0.25) is 0 Å². The maximum atomic E-state index is 7.25. The minimum Gasteiger partial charge on any atom is -0.456 e. The van der Waals surface area contributed by atoms with Gasteiger partial charge in [0, 0.05) is 72.2 Å². The maximum Gasteiger partial charge on any atom is 0.333 e. The Labute approximate surface area is 420 Å². The topological polar surface area (TPSA) is 34.5 Å². The molecule has 5 heterocycles. The summed E-state index contributed by atoms with van der Waals surface area (Å²) in [6.07, 6.45) is 0. The van der Waals surface area contributed by atoms with E-state index in [-0.39, 0.29) is 23.1 Å². The first-order chi connectivity index (χ1) is 34.7. The van der Waals surface area contributed by atoms with Crippen LogP contribution >= 0.6 is 0 Å². The molecule has 0 bridgehead atoms. The van der Waals surface area contributed by atoms with Gasteiger partial charge >= 0.3 is 6.85 Å². The average molecular weight is 929 g/mol. The summed E-state index contributed by atoms with van der Waals surface area (Å²) in [6.45, 7) is 18.5. The zero-order valence-electron chi connectivity index (χ0n) is 42.0. The SMILES string of the molecule is CC(C)(C)c1ccc(N2B3c4cc5oc(-c6ccccc6)c(-c6ccccc6)c5cc4-n4c5cc6oc7ccccc7c6cc5c5ccc(c3c54)-c3cc4c(cc32)C(C)(C)c2cc(C(C)(C)C)ccc2-4)cc1. The van der Waals surface area contributed by atoms with E-state index in [0.29, 0.717) is 0 Å². The number of rotatable bonds is 3. The summed E-state index contributed by atoms with van der Waals surface area (Å²) in [7, 11) is 0. The average Bonchev–Trinajstić information content (AvgIpc) is 4.10. The first kappa shape index (κ1) is 41.7. The second kappa shape index (κ2) is 14.1. The fourth-order valence-corrected chi connectivity index (χ4v) is 13.0. The molecule has 4 nitrogen and oxygen atoms in total. The lowest BCUT2D eigenvalue weighted by molar-refractivity contribution is 0.584. The van der Waals surface area contributed by atoms with Crippen molar-refractivity contribution in [1.29, 1.82) is 0 Å². The first-order valence-electron chi connectivity index (χ1n) is 25.6. The molecule has 72 heavy (non-hydrogen) atoms. The van der Waals surface area contributed by atoms with Gasteiger partial charge in [0.1, 0.15) is 22.5 Å². The van der Waals surface area contributed by atoms with Gasteiger partial charge in [0.15, 0.2) is 0 Å². The van der Waals surface area contributed by atoms with Crippen LogP contribution in [0.15, 0.2) is 185 Å². The normalized spacial score (nSPS) is 14.4. The minimum absolute atomic E-state index is 0.000331. The van der Waals surface area contributed by atoms with Crippen molar-refractivity contribution in [2.24, 2.45) is 0 Å². The standard InChI is InChI=1S/C67H53BN2O2/c1-65(2,3)40-23-26-42(27-24-40)70-56-35-53-47(43-28-25-41(66(4,5)6)31-52(43)67(53,7)8)32-48(56)45-29-30-46-49-33-50-44-21-15-16-22-58(44)71-60(50)37-55(49)69-57-34-51-59(36-54(57)68(70)62(45)63(46)69)72-64(39-19-13-10-14-20-39)61(51)38-17-11-9-12-18-38/h9-37H,1-8H3. The summed E-state index contributed by atoms with van der Waals surface area (Å²) < 4.78 is 16.5. The minimum atomic E-state index is -0.215. The number of benzene rings is 9. The molecular formula is C67H53BN2O2. The van der Waals surface area contributed by atoms with E-state index in [1.165, 1.54) is 77.4 Å². The molecule has 2 aliphatic heterocycles. The second-order valence-electron chi connectivity index (χ2n) is 23.3. The Balaban J connectivity index is 1.09. The van der Waals surface area contributed by atoms with Gasteiger partial charge in [-0.05, 0) is 115 Å². The highest BCUT2D eigenvalue weighted by Gasteiger charge is 2.47. The van der Waals surface area contributed by atoms with Crippen LogP contribution in [0.4, 0.5) is 11.4 Å². The number of anilines is 2. The lowest BCUT2D eigenvalue weighted by Crippen LogP contribution is -2.60. The molecule has 346 valence electrons. The number of para-hydroxylation sites is 1. The molecule has 1 aliphatic carbocycles. The Morgan fingerprint density at radius 2 is 1.12 bits per heavy atom. The maximum absolute atomic E-state index is 7.25. The van der Waals surface area contributed by atoms with Crippen molar-refractivity contribution in [3.05, 3.63) is 198 Å². The van der Waals surface area contributed by atoms with Gasteiger partial charge in [-0.2, -0.15) is 0 Å². The third kappa shape index (κ3) is 5.60. The summed E-state index contributed by atoms with van der Waals surface area (Å²) in [5.74, 6) is 0.874. The van der Waals surface area contributed by atoms with E-state index in [1.807, 2.05) is 0 Å². The van der Waals surface area contributed by atoms with Crippen LogP contribution in [0.1, 0.15) is 77.6 Å². The number of hydrogen-bond donors (Lipinski definition) is 0. The van der Waals surface area contributed by atoms with Crippen LogP contribution < -0.4 is 15.7 Å². The summed E-state index contributed by atoms with van der Waals surface area (Å²) in [5, 5.41) is 5.80. The van der Waals surface area contributed by atoms with Crippen molar-refractivity contribution >= 4 is 83.9 Å². The van der Waals surface area contributed by atoms with Crippen LogP contribution in [0.2, 0.25) is 0 Å². The van der Waals surface area contributed by atoms with E-state index < -0.39 is 0 Å². The fraction of sp³-hybridized carbons (Fsp3) is 0.164. The van der Waals surface area contributed by atoms with E-state index in [9.17, 15) is 0 Å².